The van der Waals surface area contributed by atoms with Gasteiger partial charge in [0.05, 0.1) is 12.2 Å². The van der Waals surface area contributed by atoms with E-state index in [1.807, 2.05) is 0 Å². The molecule has 1 aromatic rings. The van der Waals surface area contributed by atoms with Crippen LogP contribution in [0, 0.1) is 5.41 Å². The van der Waals surface area contributed by atoms with E-state index in [0.717, 1.165) is 9.37 Å². The second-order valence-corrected chi connectivity index (χ2v) is 7.39. The van der Waals surface area contributed by atoms with Gasteiger partial charge in [0.15, 0.2) is 5.17 Å². The van der Waals surface area contributed by atoms with Crippen LogP contribution in [0.25, 0.3) is 5.76 Å². The van der Waals surface area contributed by atoms with Crippen molar-refractivity contribution >= 4 is 56.2 Å². The average Bonchev–Trinajstić information content (AvgIpc) is 2.97. The maximum Gasteiger partial charge on any atom is 0.296 e. The minimum absolute atomic E-state index is 0.247. The third-order valence-corrected chi connectivity index (χ3v) is 5.59. The molecule has 3 rings (SSSR count). The number of thioether (sulfide) groups is 1. The molecule has 8 nitrogen and oxygen atoms in total. The zero-order chi connectivity index (χ0) is 18.4. The lowest BCUT2D eigenvalue weighted by Crippen LogP contribution is -2.51. The Labute approximate surface area is 154 Å². The molecule has 0 bridgehead atoms. The lowest BCUT2D eigenvalue weighted by Gasteiger charge is -2.30. The van der Waals surface area contributed by atoms with Crippen LogP contribution in [0.5, 0.6) is 0 Å². The molecule has 4 N–H and O–H groups in total. The molecule has 1 unspecified atom stereocenters. The Bertz CT molecular complexity index is 838. The number of aliphatic hydroxyl groups is 2. The molecule has 0 radical (unpaired) electrons. The standard InChI is InChI=1S/C15H12BrN3O5S/c16-8-3-1-7(2-4-8)10(21)9-11(22)12(23)19(5-6-20)15(9)13(24)18-14(17)25-15/h1-4,20-21H,5-6H2,(H2,17,18,24)/b10-9-. The van der Waals surface area contributed by atoms with Gasteiger partial charge in [0.1, 0.15) is 5.76 Å². The third kappa shape index (κ3) is 2.57. The predicted molar refractivity (Wildman–Crippen MR) is 93.7 cm³/mol. The number of amidine groups is 1. The number of benzene rings is 1. The fourth-order valence-electron chi connectivity index (χ4n) is 2.79. The van der Waals surface area contributed by atoms with E-state index in [9.17, 15) is 24.6 Å². The normalized spacial score (nSPS) is 25.1. The van der Waals surface area contributed by atoms with Gasteiger partial charge in [-0.2, -0.15) is 0 Å². The lowest BCUT2D eigenvalue weighted by atomic mass is 10.00. The highest BCUT2D eigenvalue weighted by atomic mass is 79.9. The topological polar surface area (TPSA) is 131 Å². The first-order valence-electron chi connectivity index (χ1n) is 7.08. The zero-order valence-electron chi connectivity index (χ0n) is 12.6. The summed E-state index contributed by atoms with van der Waals surface area (Å²) in [5.41, 5.74) is -0.158. The summed E-state index contributed by atoms with van der Waals surface area (Å²) in [6.07, 6.45) is 0. The number of likely N-dealkylation sites (tertiary alicyclic amines) is 1. The van der Waals surface area contributed by atoms with Gasteiger partial charge in [-0.05, 0) is 23.9 Å². The van der Waals surface area contributed by atoms with Crippen molar-refractivity contribution in [3.05, 3.63) is 39.9 Å². The number of aliphatic hydroxyl groups excluding tert-OH is 2. The smallest absolute Gasteiger partial charge is 0.296 e. The maximum absolute atomic E-state index is 12.5. The van der Waals surface area contributed by atoms with Gasteiger partial charge in [0.2, 0.25) is 4.87 Å². The van der Waals surface area contributed by atoms with Crippen molar-refractivity contribution in [3.63, 3.8) is 0 Å². The van der Waals surface area contributed by atoms with Crippen LogP contribution in [-0.2, 0) is 14.4 Å². The van der Waals surface area contributed by atoms with E-state index >= 15 is 0 Å². The molecule has 1 spiro atoms. The monoisotopic (exact) mass is 425 g/mol. The van der Waals surface area contributed by atoms with Crippen molar-refractivity contribution in [1.29, 1.82) is 5.41 Å². The van der Waals surface area contributed by atoms with Gasteiger partial charge in [-0.15, -0.1) is 0 Å². The number of nitrogens with one attached hydrogen (secondary N) is 2. The summed E-state index contributed by atoms with van der Waals surface area (Å²) in [7, 11) is 0. The number of halogens is 1. The molecule has 2 aliphatic heterocycles. The van der Waals surface area contributed by atoms with Crippen molar-refractivity contribution in [2.75, 3.05) is 13.2 Å². The third-order valence-electron chi connectivity index (χ3n) is 3.85. The van der Waals surface area contributed by atoms with Crippen molar-refractivity contribution in [2.45, 2.75) is 4.87 Å². The lowest BCUT2D eigenvalue weighted by molar-refractivity contribution is -0.142. The molecule has 10 heteroatoms. The van der Waals surface area contributed by atoms with E-state index in [2.05, 4.69) is 21.2 Å². The highest BCUT2D eigenvalue weighted by Crippen LogP contribution is 2.48. The van der Waals surface area contributed by atoms with Crippen LogP contribution in [0.1, 0.15) is 5.56 Å². The SMILES string of the molecule is N=C1NC(=O)C2(S1)/C(=C(\O)c1ccc(Br)cc1)C(=O)C(=O)N2CCO. The van der Waals surface area contributed by atoms with Crippen molar-refractivity contribution in [2.24, 2.45) is 0 Å². The minimum Gasteiger partial charge on any atom is -0.507 e. The van der Waals surface area contributed by atoms with Crippen LogP contribution in [0.2, 0.25) is 0 Å². The molecule has 1 atom stereocenters. The van der Waals surface area contributed by atoms with Crippen LogP contribution >= 0.6 is 27.7 Å². The number of β-amino-alcohol motifs (C(OH)–C–C–N with tert-alkyl or cyclic N) is 1. The van der Waals surface area contributed by atoms with E-state index in [1.165, 1.54) is 12.1 Å². The summed E-state index contributed by atoms with van der Waals surface area (Å²) in [5.74, 6) is -3.34. The Kier molecular flexibility index (Phi) is 4.43. The number of hydrogen-bond acceptors (Lipinski definition) is 7. The maximum atomic E-state index is 12.5. The summed E-state index contributed by atoms with van der Waals surface area (Å²) in [6.45, 7) is -0.760. The Hall–Kier alpha value is -2.17. The van der Waals surface area contributed by atoms with Gasteiger partial charge in [0, 0.05) is 16.6 Å². The zero-order valence-corrected chi connectivity index (χ0v) is 15.0. The van der Waals surface area contributed by atoms with Gasteiger partial charge < -0.3 is 20.4 Å². The highest BCUT2D eigenvalue weighted by Gasteiger charge is 2.65. The molecule has 2 fully saturated rings. The molecular formula is C15H12BrN3O5S. The molecule has 0 aliphatic carbocycles. The van der Waals surface area contributed by atoms with Crippen molar-refractivity contribution < 1.29 is 24.6 Å². The van der Waals surface area contributed by atoms with Gasteiger partial charge in [-0.1, -0.05) is 28.1 Å². The van der Waals surface area contributed by atoms with E-state index in [1.54, 1.807) is 12.1 Å². The van der Waals surface area contributed by atoms with E-state index in [4.69, 9.17) is 5.41 Å². The molecule has 25 heavy (non-hydrogen) atoms. The number of hydrogen-bond donors (Lipinski definition) is 4. The first-order chi connectivity index (χ1) is 11.8. The number of nitrogens with zero attached hydrogens (tertiary/aromatic N) is 1. The molecule has 2 aliphatic rings. The first-order valence-corrected chi connectivity index (χ1v) is 8.69. The number of amides is 2. The fraction of sp³-hybridized carbons (Fsp3) is 0.200. The van der Waals surface area contributed by atoms with Gasteiger partial charge in [0.25, 0.3) is 17.6 Å². The molecule has 0 saturated carbocycles. The molecule has 2 amide bonds. The average molecular weight is 426 g/mol. The van der Waals surface area contributed by atoms with Crippen molar-refractivity contribution in [3.8, 4) is 0 Å². The van der Waals surface area contributed by atoms with Gasteiger partial charge in [-0.25, -0.2) is 0 Å². The molecular weight excluding hydrogens is 414 g/mol. The second kappa shape index (κ2) is 6.28. The molecule has 1 aromatic carbocycles. The van der Waals surface area contributed by atoms with Crippen molar-refractivity contribution in [1.82, 2.24) is 10.2 Å². The minimum atomic E-state index is -1.90. The molecule has 2 saturated heterocycles. The number of rotatable bonds is 3. The Balaban J connectivity index is 2.25. The van der Waals surface area contributed by atoms with Gasteiger partial charge >= 0.3 is 0 Å². The number of carbonyl (C=O) groups excluding carboxylic acids is 3. The quantitative estimate of drug-likeness (QED) is 0.319. The molecule has 0 aromatic heterocycles. The largest absolute Gasteiger partial charge is 0.507 e. The number of Topliss-reactive ketones (excluding diaryl/α,β-unsaturated/α-hetero) is 1. The molecule has 2 heterocycles. The highest BCUT2D eigenvalue weighted by molar-refractivity contribution is 9.10. The Morgan fingerprint density at radius 3 is 2.44 bits per heavy atom. The number of ketones is 1. The van der Waals surface area contributed by atoms with E-state index in [0.29, 0.717) is 11.8 Å². The summed E-state index contributed by atoms with van der Waals surface area (Å²) in [5, 5.41) is 29.6. The van der Waals surface area contributed by atoms with E-state index in [-0.39, 0.29) is 17.3 Å². The second-order valence-electron chi connectivity index (χ2n) is 5.27. The van der Waals surface area contributed by atoms with E-state index < -0.39 is 40.4 Å². The van der Waals surface area contributed by atoms with Crippen LogP contribution < -0.4 is 5.32 Å². The Morgan fingerprint density at radius 1 is 1.28 bits per heavy atom. The summed E-state index contributed by atoms with van der Waals surface area (Å²) in [4.78, 5) is 36.4. The fourth-order valence-corrected chi connectivity index (χ4v) is 4.21. The summed E-state index contributed by atoms with van der Waals surface area (Å²) >= 11 is 3.90. The van der Waals surface area contributed by atoms with Crippen LogP contribution in [0.4, 0.5) is 0 Å². The van der Waals surface area contributed by atoms with Crippen LogP contribution in [0.15, 0.2) is 34.3 Å². The summed E-state index contributed by atoms with van der Waals surface area (Å²) in [6, 6.07) is 6.32. The Morgan fingerprint density at radius 2 is 1.92 bits per heavy atom. The van der Waals surface area contributed by atoms with Crippen LogP contribution in [0.3, 0.4) is 0 Å². The predicted octanol–water partition coefficient (Wildman–Crippen LogP) is 0.616. The van der Waals surface area contributed by atoms with Gasteiger partial charge in [-0.3, -0.25) is 19.8 Å². The van der Waals surface area contributed by atoms with Crippen LogP contribution in [-0.4, -0.2) is 55.9 Å². The number of carbonyl (C=O) groups is 3. The molecule has 130 valence electrons. The first kappa shape index (κ1) is 17.6. The summed E-state index contributed by atoms with van der Waals surface area (Å²) < 4.78 is 0.745.